The molecule has 0 fully saturated rings. The van der Waals surface area contributed by atoms with E-state index in [9.17, 15) is 14.4 Å². The molecule has 0 aliphatic heterocycles. The first-order valence-corrected chi connectivity index (χ1v) is 3.65. The summed E-state index contributed by atoms with van der Waals surface area (Å²) in [4.78, 5) is 32.7. The van der Waals surface area contributed by atoms with E-state index in [0.29, 0.717) is 0 Å². The topological polar surface area (TPSA) is 71.4 Å². The Morgan fingerprint density at radius 1 is 1.15 bits per heavy atom. The fourth-order valence-electron chi connectivity index (χ4n) is 1.20. The quantitative estimate of drug-likeness (QED) is 0.756. The molecular weight excluding hydrogens is 251 g/mol. The first-order valence-electron chi connectivity index (χ1n) is 3.65. The summed E-state index contributed by atoms with van der Waals surface area (Å²) < 4.78 is 0. The van der Waals surface area contributed by atoms with Gasteiger partial charge in [-0.3, -0.25) is 14.4 Å². The van der Waals surface area contributed by atoms with Gasteiger partial charge in [-0.05, 0) is 20.3 Å². The molecule has 5 heteroatoms. The van der Waals surface area contributed by atoms with Crippen LogP contribution in [-0.4, -0.2) is 22.6 Å². The van der Waals surface area contributed by atoms with E-state index in [1.54, 1.807) is 0 Å². The number of ketones is 2. The standard InChI is InChI=1S/C8H12O4.Zr/c1-4-8(5(2)9,6(3)10)7(11)12;/h4H2,1-3H3,(H,11,12);. The predicted molar refractivity (Wildman–Crippen MR) is 41.7 cm³/mol. The van der Waals surface area contributed by atoms with E-state index < -0.39 is 23.0 Å². The summed E-state index contributed by atoms with van der Waals surface area (Å²) in [5.41, 5.74) is -1.82. The van der Waals surface area contributed by atoms with Gasteiger partial charge in [0.15, 0.2) is 17.0 Å². The van der Waals surface area contributed by atoms with Crippen molar-refractivity contribution in [2.45, 2.75) is 27.2 Å². The second-order valence-electron chi connectivity index (χ2n) is 2.68. The van der Waals surface area contributed by atoms with Crippen LogP contribution in [0.4, 0.5) is 0 Å². The van der Waals surface area contributed by atoms with Gasteiger partial charge in [0, 0.05) is 26.2 Å². The van der Waals surface area contributed by atoms with Gasteiger partial charge in [0.1, 0.15) is 0 Å². The second kappa shape index (κ2) is 5.43. The maximum Gasteiger partial charge on any atom is 0.324 e. The number of aliphatic carboxylic acids is 1. The largest absolute Gasteiger partial charge is 0.480 e. The summed E-state index contributed by atoms with van der Waals surface area (Å²) in [6.07, 6.45) is 0.00694. The van der Waals surface area contributed by atoms with Crippen LogP contribution in [-0.2, 0) is 40.6 Å². The molecule has 0 bridgehead atoms. The molecule has 0 spiro atoms. The molecule has 0 aromatic rings. The Bertz CT molecular complexity index is 198. The van der Waals surface area contributed by atoms with Crippen molar-refractivity contribution in [2.24, 2.45) is 5.41 Å². The third kappa shape index (κ3) is 2.57. The summed E-state index contributed by atoms with van der Waals surface area (Å²) in [6.45, 7) is 3.76. The zero-order chi connectivity index (χ0) is 9.94. The van der Waals surface area contributed by atoms with Crippen molar-refractivity contribution in [2.75, 3.05) is 0 Å². The van der Waals surface area contributed by atoms with Crippen LogP contribution in [0.5, 0.6) is 0 Å². The first-order chi connectivity index (χ1) is 5.39. The van der Waals surface area contributed by atoms with Gasteiger partial charge < -0.3 is 5.11 Å². The monoisotopic (exact) mass is 262 g/mol. The van der Waals surface area contributed by atoms with Crippen molar-refractivity contribution in [3.8, 4) is 0 Å². The Balaban J connectivity index is 0. The minimum atomic E-state index is -1.82. The van der Waals surface area contributed by atoms with Crippen LogP contribution < -0.4 is 0 Å². The SMILES string of the molecule is CCC(C(C)=O)(C(C)=O)C(=O)O.[Zr]. The number of hydrogen-bond acceptors (Lipinski definition) is 3. The third-order valence-electron chi connectivity index (χ3n) is 2.10. The van der Waals surface area contributed by atoms with Gasteiger partial charge >= 0.3 is 5.97 Å². The Morgan fingerprint density at radius 3 is 1.46 bits per heavy atom. The number of carboxylic acid groups (broad SMARTS) is 1. The summed E-state index contributed by atoms with van der Waals surface area (Å²) in [5, 5.41) is 8.72. The van der Waals surface area contributed by atoms with Crippen LogP contribution in [0.25, 0.3) is 0 Å². The van der Waals surface area contributed by atoms with E-state index in [1.165, 1.54) is 6.92 Å². The van der Waals surface area contributed by atoms with Crippen molar-refractivity contribution in [3.05, 3.63) is 0 Å². The molecule has 0 unspecified atom stereocenters. The fourth-order valence-corrected chi connectivity index (χ4v) is 1.20. The van der Waals surface area contributed by atoms with Crippen molar-refractivity contribution in [1.29, 1.82) is 0 Å². The molecule has 0 aliphatic carbocycles. The van der Waals surface area contributed by atoms with Crippen LogP contribution in [0.1, 0.15) is 27.2 Å². The summed E-state index contributed by atoms with van der Waals surface area (Å²) >= 11 is 0. The molecule has 0 saturated carbocycles. The number of Topliss-reactive ketones (excluding diaryl/α,β-unsaturated/α-hetero) is 2. The molecule has 13 heavy (non-hydrogen) atoms. The molecule has 0 amide bonds. The van der Waals surface area contributed by atoms with E-state index in [4.69, 9.17) is 5.11 Å². The van der Waals surface area contributed by atoms with E-state index >= 15 is 0 Å². The zero-order valence-electron chi connectivity index (χ0n) is 7.88. The minimum Gasteiger partial charge on any atom is -0.480 e. The Kier molecular flexibility index (Phi) is 6.34. The minimum absolute atomic E-state index is 0. The molecule has 1 N–H and O–H groups in total. The van der Waals surface area contributed by atoms with Crippen LogP contribution in [0, 0.1) is 5.41 Å². The molecule has 0 aliphatic rings. The molecule has 0 aromatic carbocycles. The molecular formula is C8H12O4Zr. The number of rotatable bonds is 4. The number of carbonyl (C=O) groups excluding carboxylic acids is 2. The summed E-state index contributed by atoms with van der Waals surface area (Å²) in [6, 6.07) is 0. The number of carboxylic acids is 1. The molecule has 0 aromatic heterocycles. The second-order valence-corrected chi connectivity index (χ2v) is 2.68. The Hall–Kier alpha value is -0.307. The zero-order valence-corrected chi connectivity index (χ0v) is 10.3. The van der Waals surface area contributed by atoms with Gasteiger partial charge in [-0.1, -0.05) is 6.92 Å². The van der Waals surface area contributed by atoms with Crippen LogP contribution in [0.15, 0.2) is 0 Å². The maximum atomic E-state index is 11.0. The molecule has 0 heterocycles. The predicted octanol–water partition coefficient (Wildman–Crippen LogP) is 0.643. The number of hydrogen-bond donors (Lipinski definition) is 1. The van der Waals surface area contributed by atoms with Crippen molar-refractivity contribution in [3.63, 3.8) is 0 Å². The van der Waals surface area contributed by atoms with Gasteiger partial charge in [0.05, 0.1) is 0 Å². The van der Waals surface area contributed by atoms with Crippen LogP contribution >= 0.6 is 0 Å². The smallest absolute Gasteiger partial charge is 0.324 e. The van der Waals surface area contributed by atoms with Gasteiger partial charge in [-0.15, -0.1) is 0 Å². The summed E-state index contributed by atoms with van der Waals surface area (Å²) in [7, 11) is 0. The molecule has 0 radical (unpaired) electrons. The van der Waals surface area contributed by atoms with Crippen LogP contribution in [0.2, 0.25) is 0 Å². The average molecular weight is 263 g/mol. The first kappa shape index (κ1) is 15.2. The molecule has 4 nitrogen and oxygen atoms in total. The average Bonchev–Trinajstić information content (AvgIpc) is 1.86. The van der Waals surface area contributed by atoms with E-state index in [2.05, 4.69) is 0 Å². The Morgan fingerprint density at radius 2 is 1.46 bits per heavy atom. The van der Waals surface area contributed by atoms with Crippen LogP contribution in [0.3, 0.4) is 0 Å². The van der Waals surface area contributed by atoms with E-state index in [-0.39, 0.29) is 32.6 Å². The normalized spacial score (nSPS) is 10.1. The van der Waals surface area contributed by atoms with Gasteiger partial charge in [-0.25, -0.2) is 0 Å². The molecule has 0 atom stereocenters. The maximum absolute atomic E-state index is 11.0. The fraction of sp³-hybridized carbons (Fsp3) is 0.625. The summed E-state index contributed by atoms with van der Waals surface area (Å²) in [5.74, 6) is -2.57. The van der Waals surface area contributed by atoms with Crippen molar-refractivity contribution >= 4 is 17.5 Å². The van der Waals surface area contributed by atoms with Crippen molar-refractivity contribution in [1.82, 2.24) is 0 Å². The molecule has 0 rings (SSSR count). The molecule has 72 valence electrons. The van der Waals surface area contributed by atoms with Gasteiger partial charge in [-0.2, -0.15) is 0 Å². The van der Waals surface area contributed by atoms with Gasteiger partial charge in [0.25, 0.3) is 0 Å². The van der Waals surface area contributed by atoms with Crippen molar-refractivity contribution < 1.29 is 45.7 Å². The Labute approximate surface area is 95.8 Å². The number of carbonyl (C=O) groups is 3. The van der Waals surface area contributed by atoms with E-state index in [1.807, 2.05) is 0 Å². The van der Waals surface area contributed by atoms with E-state index in [0.717, 1.165) is 13.8 Å². The van der Waals surface area contributed by atoms with Gasteiger partial charge in [0.2, 0.25) is 0 Å². The molecule has 0 saturated heterocycles. The third-order valence-corrected chi connectivity index (χ3v) is 2.10.